The summed E-state index contributed by atoms with van der Waals surface area (Å²) >= 11 is 0. The van der Waals surface area contributed by atoms with Gasteiger partial charge >= 0.3 is 0 Å². The van der Waals surface area contributed by atoms with Gasteiger partial charge in [0.15, 0.2) is 17.5 Å². The van der Waals surface area contributed by atoms with Crippen molar-refractivity contribution in [1.82, 2.24) is 19.9 Å². The number of aromatic nitrogens is 4. The van der Waals surface area contributed by atoms with Crippen LogP contribution in [-0.4, -0.2) is 19.9 Å². The van der Waals surface area contributed by atoms with Crippen LogP contribution in [0.3, 0.4) is 0 Å². The molecule has 0 atom stereocenters. The lowest BCUT2D eigenvalue weighted by molar-refractivity contribution is 0.669. The number of hydrogen-bond donors (Lipinski definition) is 0. The second kappa shape index (κ2) is 11.2. The Kier molecular flexibility index (Phi) is 6.15. The van der Waals surface area contributed by atoms with Gasteiger partial charge < -0.3 is 8.83 Å². The zero-order valence-electron chi connectivity index (χ0n) is 27.6. The molecule has 6 nitrogen and oxygen atoms in total. The fourth-order valence-electron chi connectivity index (χ4n) is 7.53. The minimum atomic E-state index is 0.561. The van der Waals surface area contributed by atoms with Crippen LogP contribution in [0, 0.1) is 0 Å². The lowest BCUT2D eigenvalue weighted by atomic mass is 9.97. The number of hydrogen-bond acceptors (Lipinski definition) is 6. The molecule has 0 aliphatic rings. The van der Waals surface area contributed by atoms with Gasteiger partial charge in [0, 0.05) is 60.0 Å². The van der Waals surface area contributed by atoms with Crippen molar-refractivity contribution in [2.75, 3.05) is 0 Å². The van der Waals surface area contributed by atoms with E-state index in [-0.39, 0.29) is 0 Å². The maximum Gasteiger partial charge on any atom is 0.164 e. The van der Waals surface area contributed by atoms with Crippen molar-refractivity contribution in [1.29, 1.82) is 0 Å². The van der Waals surface area contributed by atoms with Crippen molar-refractivity contribution in [2.45, 2.75) is 0 Å². The van der Waals surface area contributed by atoms with Gasteiger partial charge in [0.2, 0.25) is 0 Å². The largest absolute Gasteiger partial charge is 0.456 e. The molecule has 0 amide bonds. The van der Waals surface area contributed by atoms with Crippen molar-refractivity contribution in [3.05, 3.63) is 158 Å². The summed E-state index contributed by atoms with van der Waals surface area (Å²) in [6.07, 6.45) is 0. The number of benzene rings is 7. The van der Waals surface area contributed by atoms with Crippen LogP contribution in [0.2, 0.25) is 0 Å². The summed E-state index contributed by atoms with van der Waals surface area (Å²) in [5.74, 6) is 1.71. The molecule has 7 aromatic carbocycles. The lowest BCUT2D eigenvalue weighted by Crippen LogP contribution is -2.00. The molecular formula is C46H26N4O2. The molecule has 0 spiro atoms. The molecule has 0 aliphatic carbocycles. The van der Waals surface area contributed by atoms with Crippen LogP contribution in [0.1, 0.15) is 0 Å². The highest BCUT2D eigenvalue weighted by atomic mass is 16.3. The predicted octanol–water partition coefficient (Wildman–Crippen LogP) is 12.0. The summed E-state index contributed by atoms with van der Waals surface area (Å²) in [7, 11) is 0. The number of nitrogens with zero attached hydrogens (tertiary/aromatic N) is 4. The smallest absolute Gasteiger partial charge is 0.164 e. The topological polar surface area (TPSA) is 77.8 Å². The first-order chi connectivity index (χ1) is 25.8. The Labute approximate surface area is 296 Å². The van der Waals surface area contributed by atoms with E-state index in [1.165, 1.54) is 0 Å². The van der Waals surface area contributed by atoms with E-state index in [0.29, 0.717) is 17.5 Å². The Morgan fingerprint density at radius 3 is 1.83 bits per heavy atom. The minimum Gasteiger partial charge on any atom is -0.456 e. The molecule has 0 N–H and O–H groups in total. The third-order valence-electron chi connectivity index (χ3n) is 9.92. The standard InChI is InChI=1S/C46H26N4O2/c1-3-12-27(13-4-1)42-33-24-25-34-40-35(18-11-21-38(40)52-43(34)41(33)32-17-7-9-19-36(32)47-42)46-49-44(28-14-5-2-6-15-28)48-45(50-46)29-22-23-31-30-16-8-10-20-37(30)51-39(31)26-29/h1-26H. The monoisotopic (exact) mass is 666 g/mol. The van der Waals surface area contributed by atoms with Crippen LogP contribution >= 0.6 is 0 Å². The molecule has 0 aliphatic heterocycles. The van der Waals surface area contributed by atoms with Crippen LogP contribution in [-0.2, 0) is 0 Å². The number of furan rings is 2. The van der Waals surface area contributed by atoms with Crippen molar-refractivity contribution in [3.8, 4) is 45.4 Å². The highest BCUT2D eigenvalue weighted by molar-refractivity contribution is 6.26. The lowest BCUT2D eigenvalue weighted by Gasteiger charge is -2.11. The quantitative estimate of drug-likeness (QED) is 0.174. The molecule has 0 bridgehead atoms. The second-order valence-corrected chi connectivity index (χ2v) is 13.0. The minimum absolute atomic E-state index is 0.561. The summed E-state index contributed by atoms with van der Waals surface area (Å²) < 4.78 is 13.1. The van der Waals surface area contributed by atoms with Gasteiger partial charge in [-0.2, -0.15) is 0 Å². The third kappa shape index (κ3) is 4.38. The first kappa shape index (κ1) is 28.6. The summed E-state index contributed by atoms with van der Waals surface area (Å²) in [6.45, 7) is 0. The van der Waals surface area contributed by atoms with E-state index in [0.717, 1.165) is 93.5 Å². The van der Waals surface area contributed by atoms with E-state index in [4.69, 9.17) is 28.8 Å². The Bertz CT molecular complexity index is 3180. The fraction of sp³-hybridized carbons (Fsp3) is 0. The van der Waals surface area contributed by atoms with Crippen molar-refractivity contribution in [2.24, 2.45) is 0 Å². The highest BCUT2D eigenvalue weighted by Gasteiger charge is 2.21. The van der Waals surface area contributed by atoms with E-state index in [1.807, 2.05) is 91.0 Å². The molecule has 11 rings (SSSR count). The molecule has 11 aromatic rings. The van der Waals surface area contributed by atoms with Gasteiger partial charge in [-0.05, 0) is 36.4 Å². The SMILES string of the molecule is c1ccc(-c2nc(-c3ccc4c(c3)oc3ccccc34)nc(-c3cccc4oc5c(ccc6c(-c7ccccc7)nc7ccccc7c65)c34)n2)cc1. The summed E-state index contributed by atoms with van der Waals surface area (Å²) in [4.78, 5) is 20.4. The van der Waals surface area contributed by atoms with Gasteiger partial charge in [-0.25, -0.2) is 19.9 Å². The van der Waals surface area contributed by atoms with E-state index in [1.54, 1.807) is 0 Å². The molecular weight excluding hydrogens is 641 g/mol. The number of para-hydroxylation sites is 2. The average Bonchev–Trinajstić information content (AvgIpc) is 3.79. The highest BCUT2D eigenvalue weighted by Crippen LogP contribution is 2.43. The Balaban J connectivity index is 1.17. The third-order valence-corrected chi connectivity index (χ3v) is 9.92. The Morgan fingerprint density at radius 2 is 0.981 bits per heavy atom. The molecule has 242 valence electrons. The first-order valence-electron chi connectivity index (χ1n) is 17.2. The predicted molar refractivity (Wildman–Crippen MR) is 209 cm³/mol. The zero-order valence-corrected chi connectivity index (χ0v) is 27.6. The van der Waals surface area contributed by atoms with Crippen LogP contribution in [0.5, 0.6) is 0 Å². The molecule has 6 heteroatoms. The Morgan fingerprint density at radius 1 is 0.346 bits per heavy atom. The summed E-state index contributed by atoms with van der Waals surface area (Å²) in [6, 6.07) is 53.3. The van der Waals surface area contributed by atoms with Crippen molar-refractivity contribution >= 4 is 65.6 Å². The molecule has 0 unspecified atom stereocenters. The first-order valence-corrected chi connectivity index (χ1v) is 17.2. The van der Waals surface area contributed by atoms with Gasteiger partial charge in [-0.3, -0.25) is 0 Å². The van der Waals surface area contributed by atoms with Crippen LogP contribution in [0.25, 0.3) is 111 Å². The van der Waals surface area contributed by atoms with Gasteiger partial charge in [0.1, 0.15) is 22.3 Å². The summed E-state index contributed by atoms with van der Waals surface area (Å²) in [5.41, 5.74) is 8.71. The van der Waals surface area contributed by atoms with E-state index < -0.39 is 0 Å². The Hall–Kier alpha value is -7.18. The van der Waals surface area contributed by atoms with E-state index in [9.17, 15) is 0 Å². The van der Waals surface area contributed by atoms with Crippen LogP contribution in [0.15, 0.2) is 167 Å². The van der Waals surface area contributed by atoms with Crippen LogP contribution in [0.4, 0.5) is 0 Å². The normalized spacial score (nSPS) is 11.8. The second-order valence-electron chi connectivity index (χ2n) is 13.0. The molecule has 0 saturated carbocycles. The van der Waals surface area contributed by atoms with Crippen molar-refractivity contribution in [3.63, 3.8) is 0 Å². The maximum absolute atomic E-state index is 6.82. The average molecular weight is 667 g/mol. The van der Waals surface area contributed by atoms with Gasteiger partial charge in [0.05, 0.1) is 11.2 Å². The number of pyridine rings is 1. The molecule has 0 saturated heterocycles. The van der Waals surface area contributed by atoms with Crippen LogP contribution < -0.4 is 0 Å². The van der Waals surface area contributed by atoms with Crippen molar-refractivity contribution < 1.29 is 8.83 Å². The molecule has 0 fully saturated rings. The molecule has 4 heterocycles. The molecule has 4 aromatic heterocycles. The van der Waals surface area contributed by atoms with E-state index in [2.05, 4.69) is 66.7 Å². The maximum atomic E-state index is 6.82. The number of rotatable bonds is 4. The number of fused-ring (bicyclic) bond motifs is 10. The molecule has 52 heavy (non-hydrogen) atoms. The van der Waals surface area contributed by atoms with Gasteiger partial charge in [-0.1, -0.05) is 121 Å². The summed E-state index contributed by atoms with van der Waals surface area (Å²) in [5, 5.41) is 7.18. The van der Waals surface area contributed by atoms with Gasteiger partial charge in [0.25, 0.3) is 0 Å². The van der Waals surface area contributed by atoms with E-state index >= 15 is 0 Å². The van der Waals surface area contributed by atoms with Gasteiger partial charge in [-0.15, -0.1) is 0 Å². The molecule has 0 radical (unpaired) electrons. The zero-order chi connectivity index (χ0) is 34.2. The fourth-order valence-corrected chi connectivity index (χ4v) is 7.53.